The van der Waals surface area contributed by atoms with E-state index in [2.05, 4.69) is 47.7 Å². The average molecular weight is 567 g/mol. The number of likely N-dealkylation sites (tertiary alicyclic amines) is 1. The Bertz CT molecular complexity index is 1040. The minimum absolute atomic E-state index is 0.0762. The van der Waals surface area contributed by atoms with E-state index >= 15 is 0 Å². The number of hydrogen-bond acceptors (Lipinski definition) is 6. The summed E-state index contributed by atoms with van der Waals surface area (Å²) >= 11 is 0. The SMILES string of the molecule is Cc1ccc(CC(=O)N(C)[C@H](CN2CC[C@H](OCCOCCOCCOC(F)(F)F)C2)c2ccccc2)cc1C. The van der Waals surface area contributed by atoms with Gasteiger partial charge in [0.1, 0.15) is 0 Å². The van der Waals surface area contributed by atoms with E-state index in [1.165, 1.54) is 11.1 Å². The number of hydrogen-bond donors (Lipinski definition) is 0. The Balaban J connectivity index is 1.40. The predicted molar refractivity (Wildman–Crippen MR) is 146 cm³/mol. The van der Waals surface area contributed by atoms with E-state index in [0.717, 1.165) is 30.6 Å². The summed E-state index contributed by atoms with van der Waals surface area (Å²) in [6.07, 6.45) is -3.31. The Morgan fingerprint density at radius 2 is 1.65 bits per heavy atom. The molecule has 1 aliphatic rings. The zero-order valence-corrected chi connectivity index (χ0v) is 23.6. The molecule has 0 aromatic heterocycles. The lowest BCUT2D eigenvalue weighted by molar-refractivity contribution is -0.327. The van der Waals surface area contributed by atoms with Gasteiger partial charge in [0.05, 0.1) is 58.2 Å². The minimum atomic E-state index is -4.64. The van der Waals surface area contributed by atoms with Gasteiger partial charge in [-0.3, -0.25) is 14.4 Å². The quantitative estimate of drug-likeness (QED) is 0.275. The molecule has 1 amide bonds. The van der Waals surface area contributed by atoms with E-state index in [1.54, 1.807) is 0 Å². The molecule has 0 N–H and O–H groups in total. The highest BCUT2D eigenvalue weighted by atomic mass is 19.4. The molecule has 1 aliphatic heterocycles. The molecule has 0 saturated carbocycles. The van der Waals surface area contributed by atoms with Crippen molar-refractivity contribution in [1.29, 1.82) is 0 Å². The van der Waals surface area contributed by atoms with Gasteiger partial charge in [-0.2, -0.15) is 0 Å². The van der Waals surface area contributed by atoms with Gasteiger partial charge in [0.15, 0.2) is 0 Å². The second kappa shape index (κ2) is 16.1. The Kier molecular flexibility index (Phi) is 12.9. The summed E-state index contributed by atoms with van der Waals surface area (Å²) in [7, 11) is 1.88. The Hall–Kier alpha value is -2.50. The van der Waals surface area contributed by atoms with Crippen molar-refractivity contribution in [2.75, 3.05) is 66.3 Å². The number of likely N-dealkylation sites (N-methyl/N-ethyl adjacent to an activating group) is 1. The van der Waals surface area contributed by atoms with Gasteiger partial charge in [-0.15, -0.1) is 13.2 Å². The first-order valence-electron chi connectivity index (χ1n) is 13.7. The third-order valence-corrected chi connectivity index (χ3v) is 7.08. The first-order valence-corrected chi connectivity index (χ1v) is 13.7. The van der Waals surface area contributed by atoms with Gasteiger partial charge >= 0.3 is 6.36 Å². The number of alkyl halides is 3. The minimum Gasteiger partial charge on any atom is -0.377 e. The summed E-state index contributed by atoms with van der Waals surface area (Å²) < 4.78 is 55.8. The summed E-state index contributed by atoms with van der Waals surface area (Å²) in [5.74, 6) is 0.0816. The van der Waals surface area contributed by atoms with Crippen LogP contribution in [0.1, 0.15) is 34.7 Å². The number of ether oxygens (including phenoxy) is 4. The molecule has 222 valence electrons. The van der Waals surface area contributed by atoms with Crippen LogP contribution >= 0.6 is 0 Å². The maximum atomic E-state index is 13.3. The van der Waals surface area contributed by atoms with E-state index < -0.39 is 13.0 Å². The van der Waals surface area contributed by atoms with Gasteiger partial charge in [0.25, 0.3) is 0 Å². The molecular weight excluding hydrogens is 525 g/mol. The van der Waals surface area contributed by atoms with Gasteiger partial charge < -0.3 is 19.1 Å². The Morgan fingerprint density at radius 1 is 0.975 bits per heavy atom. The summed E-state index contributed by atoms with van der Waals surface area (Å²) in [5, 5.41) is 0. The molecule has 0 spiro atoms. The van der Waals surface area contributed by atoms with Gasteiger partial charge in [-0.05, 0) is 42.5 Å². The molecule has 1 fully saturated rings. The molecule has 0 unspecified atom stereocenters. The van der Waals surface area contributed by atoms with Crippen LogP contribution in [0.3, 0.4) is 0 Å². The van der Waals surface area contributed by atoms with Crippen molar-refractivity contribution >= 4 is 5.91 Å². The Morgan fingerprint density at radius 3 is 2.33 bits per heavy atom. The largest absolute Gasteiger partial charge is 0.522 e. The van der Waals surface area contributed by atoms with Crippen LogP contribution < -0.4 is 0 Å². The molecule has 7 nitrogen and oxygen atoms in total. The first-order chi connectivity index (χ1) is 19.1. The standard InChI is InChI=1S/C30H41F3N2O5/c1-23-9-10-25(19-24(23)2)20-29(36)34(3)28(26-7-5-4-6-8-26)22-35-12-11-27(21-35)39-17-15-37-13-14-38-16-18-40-30(31,32)33/h4-10,19,27-28H,11-18,20-22H2,1-3H3/t27-,28+/m0/s1. The van der Waals surface area contributed by atoms with E-state index in [-0.39, 0.29) is 37.9 Å². The maximum Gasteiger partial charge on any atom is 0.522 e. The number of benzene rings is 2. The van der Waals surface area contributed by atoms with Crippen LogP contribution in [0.2, 0.25) is 0 Å². The summed E-state index contributed by atoms with van der Waals surface area (Å²) in [5.41, 5.74) is 4.52. The second-order valence-electron chi connectivity index (χ2n) is 10.1. The van der Waals surface area contributed by atoms with Crippen molar-refractivity contribution < 1.29 is 36.9 Å². The van der Waals surface area contributed by atoms with Gasteiger partial charge in [-0.25, -0.2) is 0 Å². The fraction of sp³-hybridized carbons (Fsp3) is 0.567. The monoisotopic (exact) mass is 566 g/mol. The lowest BCUT2D eigenvalue weighted by Crippen LogP contribution is -2.39. The van der Waals surface area contributed by atoms with Crippen LogP contribution in [0.4, 0.5) is 13.2 Å². The van der Waals surface area contributed by atoms with Crippen LogP contribution in [-0.2, 0) is 30.2 Å². The highest BCUT2D eigenvalue weighted by molar-refractivity contribution is 5.79. The molecule has 1 heterocycles. The number of carbonyl (C=O) groups excluding carboxylic acids is 1. The predicted octanol–water partition coefficient (Wildman–Crippen LogP) is 4.71. The zero-order chi connectivity index (χ0) is 29.0. The van der Waals surface area contributed by atoms with E-state index in [1.807, 2.05) is 36.2 Å². The molecule has 0 aliphatic carbocycles. The summed E-state index contributed by atoms with van der Waals surface area (Å²) in [6.45, 7) is 7.07. The number of aryl methyl sites for hydroxylation is 2. The van der Waals surface area contributed by atoms with Crippen LogP contribution in [-0.4, -0.2) is 94.5 Å². The Labute approximate surface area is 235 Å². The van der Waals surface area contributed by atoms with Gasteiger partial charge in [0, 0.05) is 26.7 Å². The highest BCUT2D eigenvalue weighted by Gasteiger charge is 2.30. The van der Waals surface area contributed by atoms with Gasteiger partial charge in [0.2, 0.25) is 5.91 Å². The molecule has 2 aromatic rings. The van der Waals surface area contributed by atoms with Crippen molar-refractivity contribution in [3.05, 3.63) is 70.8 Å². The number of nitrogens with zero attached hydrogens (tertiary/aromatic N) is 2. The molecule has 2 aromatic carbocycles. The van der Waals surface area contributed by atoms with Crippen molar-refractivity contribution in [2.45, 2.75) is 45.2 Å². The molecule has 2 atom stereocenters. The van der Waals surface area contributed by atoms with E-state index in [0.29, 0.717) is 26.2 Å². The zero-order valence-electron chi connectivity index (χ0n) is 23.6. The van der Waals surface area contributed by atoms with Crippen molar-refractivity contribution in [2.24, 2.45) is 0 Å². The molecule has 0 bridgehead atoms. The van der Waals surface area contributed by atoms with Crippen molar-refractivity contribution in [3.63, 3.8) is 0 Å². The molecule has 40 heavy (non-hydrogen) atoms. The van der Waals surface area contributed by atoms with Gasteiger partial charge in [-0.1, -0.05) is 48.5 Å². The fourth-order valence-corrected chi connectivity index (χ4v) is 4.67. The number of rotatable bonds is 16. The molecular formula is C30H41F3N2O5. The molecule has 3 rings (SSSR count). The molecule has 1 saturated heterocycles. The maximum absolute atomic E-state index is 13.3. The van der Waals surface area contributed by atoms with Crippen LogP contribution in [0.5, 0.6) is 0 Å². The number of carbonyl (C=O) groups is 1. The molecule has 0 radical (unpaired) electrons. The number of amides is 1. The van der Waals surface area contributed by atoms with Crippen LogP contribution in [0.15, 0.2) is 48.5 Å². The lowest BCUT2D eigenvalue weighted by atomic mass is 10.0. The van der Waals surface area contributed by atoms with Crippen LogP contribution in [0, 0.1) is 13.8 Å². The third-order valence-electron chi connectivity index (χ3n) is 7.08. The molecule has 10 heteroatoms. The topological polar surface area (TPSA) is 60.5 Å². The third kappa shape index (κ3) is 11.2. The van der Waals surface area contributed by atoms with Crippen molar-refractivity contribution in [1.82, 2.24) is 9.80 Å². The van der Waals surface area contributed by atoms with E-state index in [4.69, 9.17) is 14.2 Å². The summed E-state index contributed by atoms with van der Waals surface area (Å²) in [4.78, 5) is 17.5. The van der Waals surface area contributed by atoms with Crippen LogP contribution in [0.25, 0.3) is 0 Å². The smallest absolute Gasteiger partial charge is 0.377 e. The fourth-order valence-electron chi connectivity index (χ4n) is 4.67. The second-order valence-corrected chi connectivity index (χ2v) is 10.1. The highest BCUT2D eigenvalue weighted by Crippen LogP contribution is 2.25. The lowest BCUT2D eigenvalue weighted by Gasteiger charge is -2.32. The normalized spacial score (nSPS) is 16.8. The summed E-state index contributed by atoms with van der Waals surface area (Å²) in [6, 6.07) is 16.2. The average Bonchev–Trinajstić information content (AvgIpc) is 3.37. The first kappa shape index (κ1) is 32.0. The van der Waals surface area contributed by atoms with Crippen molar-refractivity contribution in [3.8, 4) is 0 Å². The van der Waals surface area contributed by atoms with E-state index in [9.17, 15) is 18.0 Å². The number of halogens is 3.